The maximum absolute atomic E-state index is 11.2. The Kier molecular flexibility index (Phi) is 6.88. The third-order valence-electron chi connectivity index (χ3n) is 2.38. The SMILES string of the molecule is CC(=O)Nc1ccc([As](=O)(O)OO)cc1.Oc1ccccc1. The van der Waals surface area contributed by atoms with E-state index in [-0.39, 0.29) is 10.3 Å². The zero-order valence-electron chi connectivity index (χ0n) is 11.7. The van der Waals surface area contributed by atoms with Crippen LogP contribution >= 0.6 is 0 Å². The Morgan fingerprint density at radius 3 is 2.00 bits per heavy atom. The van der Waals surface area contributed by atoms with Crippen molar-refractivity contribution < 1.29 is 26.9 Å². The van der Waals surface area contributed by atoms with Crippen molar-refractivity contribution in [2.45, 2.75) is 6.92 Å². The molecule has 0 aliphatic rings. The van der Waals surface area contributed by atoms with E-state index in [0.717, 1.165) is 0 Å². The summed E-state index contributed by atoms with van der Waals surface area (Å²) in [5.74, 6) is 0.0844. The normalized spacial score (nSPS) is 12.5. The van der Waals surface area contributed by atoms with E-state index < -0.39 is 14.2 Å². The summed E-state index contributed by atoms with van der Waals surface area (Å²) >= 11 is -4.76. The van der Waals surface area contributed by atoms with Crippen molar-refractivity contribution in [1.29, 1.82) is 0 Å². The van der Waals surface area contributed by atoms with Crippen LogP contribution in [-0.2, 0) is 12.4 Å². The van der Waals surface area contributed by atoms with Gasteiger partial charge in [0.2, 0.25) is 0 Å². The van der Waals surface area contributed by atoms with Gasteiger partial charge in [-0.15, -0.1) is 0 Å². The molecule has 0 saturated carbocycles. The minimum absolute atomic E-state index is 0.00438. The first-order valence-electron chi connectivity index (χ1n) is 6.13. The number of rotatable bonds is 3. The summed E-state index contributed by atoms with van der Waals surface area (Å²) in [4.78, 5) is 10.7. The van der Waals surface area contributed by atoms with Gasteiger partial charge in [0.25, 0.3) is 0 Å². The van der Waals surface area contributed by atoms with Gasteiger partial charge in [0, 0.05) is 0 Å². The van der Waals surface area contributed by atoms with Gasteiger partial charge in [0.1, 0.15) is 5.75 Å². The quantitative estimate of drug-likeness (QED) is 0.366. The van der Waals surface area contributed by atoms with E-state index in [2.05, 4.69) is 9.19 Å². The molecule has 0 aliphatic heterocycles. The molecule has 0 heterocycles. The van der Waals surface area contributed by atoms with E-state index in [9.17, 15) is 8.53 Å². The molecule has 2 aromatic carbocycles. The number of aromatic hydroxyl groups is 1. The number of amides is 1. The first kappa shape index (κ1) is 18.0. The van der Waals surface area contributed by atoms with Crippen molar-refractivity contribution >= 4 is 30.1 Å². The fourth-order valence-electron chi connectivity index (χ4n) is 1.41. The molecule has 1 atom stereocenters. The standard InChI is InChI=1S/C8H10AsNO5.C6H6O/c1-6(11)10-8-4-2-7(3-5-8)9(12,13)15-14;7-6-4-2-1-3-5-6/h2-5,14H,1H3,(H,10,11)(H,12,13);1-5,7H. The number of hydrogen-bond acceptors (Lipinski definition) is 5. The number of hydrogen-bond donors (Lipinski definition) is 4. The monoisotopic (exact) mass is 369 g/mol. The molecule has 0 aliphatic carbocycles. The number of para-hydroxylation sites is 1. The molecule has 22 heavy (non-hydrogen) atoms. The average Bonchev–Trinajstić information content (AvgIpc) is 2.48. The van der Waals surface area contributed by atoms with Crippen LogP contribution in [0, 0.1) is 0 Å². The van der Waals surface area contributed by atoms with Gasteiger partial charge in [0.05, 0.1) is 0 Å². The molecule has 0 aromatic heterocycles. The number of phenolic OH excluding ortho intramolecular Hbond substituents is 1. The molecule has 0 radical (unpaired) electrons. The average molecular weight is 369 g/mol. The molecule has 2 rings (SSSR count). The summed E-state index contributed by atoms with van der Waals surface area (Å²) in [6, 6.07) is 14.2. The van der Waals surface area contributed by atoms with Crippen LogP contribution in [0.1, 0.15) is 6.92 Å². The predicted molar refractivity (Wildman–Crippen MR) is 80.9 cm³/mol. The Labute approximate surface area is 130 Å². The molecule has 4 N–H and O–H groups in total. The largest absolute Gasteiger partial charge is 0.508 e. The van der Waals surface area contributed by atoms with Crippen LogP contribution in [0.4, 0.5) is 5.69 Å². The van der Waals surface area contributed by atoms with Crippen LogP contribution in [-0.4, -0.2) is 34.5 Å². The van der Waals surface area contributed by atoms with Crippen molar-refractivity contribution in [3.63, 3.8) is 0 Å². The third-order valence-corrected chi connectivity index (χ3v) is 4.84. The van der Waals surface area contributed by atoms with E-state index >= 15 is 0 Å². The summed E-state index contributed by atoms with van der Waals surface area (Å²) in [6.07, 6.45) is 0. The maximum atomic E-state index is 11.2. The first-order valence-corrected chi connectivity index (χ1v) is 9.44. The Morgan fingerprint density at radius 1 is 1.09 bits per heavy atom. The summed E-state index contributed by atoms with van der Waals surface area (Å²) in [7, 11) is 0. The third kappa shape index (κ3) is 6.15. The number of carbonyl (C=O) groups excluding carboxylic acids is 1. The minimum atomic E-state index is -4.76. The van der Waals surface area contributed by atoms with E-state index in [1.165, 1.54) is 31.2 Å². The van der Waals surface area contributed by atoms with Gasteiger partial charge in [-0.2, -0.15) is 0 Å². The Balaban J connectivity index is 0.000000287. The van der Waals surface area contributed by atoms with Gasteiger partial charge in [-0.25, -0.2) is 0 Å². The van der Waals surface area contributed by atoms with Gasteiger partial charge in [-0.3, -0.25) is 0 Å². The van der Waals surface area contributed by atoms with Crippen LogP contribution in [0.2, 0.25) is 0 Å². The van der Waals surface area contributed by atoms with Gasteiger partial charge in [-0.05, 0) is 12.1 Å². The molecule has 118 valence electrons. The molecular weight excluding hydrogens is 353 g/mol. The van der Waals surface area contributed by atoms with E-state index in [1.807, 2.05) is 6.07 Å². The summed E-state index contributed by atoms with van der Waals surface area (Å²) in [5, 5.41) is 19.3. The van der Waals surface area contributed by atoms with Crippen molar-refractivity contribution in [2.75, 3.05) is 5.32 Å². The number of benzene rings is 2. The molecule has 0 spiro atoms. The van der Waals surface area contributed by atoms with E-state index in [1.54, 1.807) is 24.3 Å². The van der Waals surface area contributed by atoms with Crippen LogP contribution in [0.25, 0.3) is 0 Å². The molecule has 1 unspecified atom stereocenters. The molecule has 0 fully saturated rings. The summed E-state index contributed by atoms with van der Waals surface area (Å²) < 4.78 is 23.8. The van der Waals surface area contributed by atoms with Crippen LogP contribution in [0.15, 0.2) is 54.6 Å². The van der Waals surface area contributed by atoms with Gasteiger partial charge < -0.3 is 5.11 Å². The molecule has 8 heteroatoms. The van der Waals surface area contributed by atoms with Crippen LogP contribution in [0.3, 0.4) is 0 Å². The van der Waals surface area contributed by atoms with Crippen molar-refractivity contribution in [1.82, 2.24) is 0 Å². The first-order chi connectivity index (χ1) is 10.3. The van der Waals surface area contributed by atoms with Crippen molar-refractivity contribution in [2.24, 2.45) is 0 Å². The number of carbonyl (C=O) groups is 1. The number of phenols is 1. The number of nitrogens with one attached hydrogen (secondary N) is 1. The van der Waals surface area contributed by atoms with Gasteiger partial charge >= 0.3 is 88.4 Å². The minimum Gasteiger partial charge on any atom is -0.508 e. The maximum Gasteiger partial charge on any atom is 0.115 e. The number of anilines is 1. The molecule has 0 bridgehead atoms. The van der Waals surface area contributed by atoms with E-state index in [0.29, 0.717) is 11.4 Å². The van der Waals surface area contributed by atoms with Crippen molar-refractivity contribution in [3.8, 4) is 5.75 Å². The Bertz CT molecular complexity index is 644. The second kappa shape index (κ2) is 8.41. The van der Waals surface area contributed by atoms with Gasteiger partial charge in [-0.1, -0.05) is 18.2 Å². The Hall–Kier alpha value is -2.05. The summed E-state index contributed by atoms with van der Waals surface area (Å²) in [6.45, 7) is 1.35. The fourth-order valence-corrected chi connectivity index (χ4v) is 2.71. The molecule has 2 aromatic rings. The molecule has 1 amide bonds. The van der Waals surface area contributed by atoms with E-state index in [4.69, 9.17) is 14.5 Å². The van der Waals surface area contributed by atoms with Gasteiger partial charge in [0.15, 0.2) is 0 Å². The fraction of sp³-hybridized carbons (Fsp3) is 0.0714. The Morgan fingerprint density at radius 2 is 1.64 bits per heavy atom. The van der Waals surface area contributed by atoms with Crippen molar-refractivity contribution in [3.05, 3.63) is 54.6 Å². The zero-order chi connectivity index (χ0) is 16.6. The second-order valence-electron chi connectivity index (χ2n) is 4.17. The molecular formula is C14H16AsNO6. The predicted octanol–water partition coefficient (Wildman–Crippen LogP) is 1.10. The molecule has 0 saturated heterocycles. The molecule has 7 nitrogen and oxygen atoms in total. The zero-order valence-corrected chi connectivity index (χ0v) is 13.6. The van der Waals surface area contributed by atoms with Crippen LogP contribution in [0.5, 0.6) is 5.75 Å². The second-order valence-corrected chi connectivity index (χ2v) is 7.78. The summed E-state index contributed by atoms with van der Waals surface area (Å²) in [5.41, 5.74) is 0.500. The smallest absolute Gasteiger partial charge is 0.115 e. The topological polar surface area (TPSA) is 116 Å². The van der Waals surface area contributed by atoms with Crippen LogP contribution < -0.4 is 9.67 Å².